The molecule has 0 radical (unpaired) electrons. The van der Waals surface area contributed by atoms with E-state index in [-0.39, 0.29) is 17.4 Å². The average molecular weight is 525 g/mol. The number of hydrogen-bond donors (Lipinski definition) is 3. The number of phenols is 1. The van der Waals surface area contributed by atoms with Crippen LogP contribution < -0.4 is 11.5 Å². The van der Waals surface area contributed by atoms with E-state index >= 15 is 0 Å². The molecule has 0 fully saturated rings. The van der Waals surface area contributed by atoms with Crippen LogP contribution in [0.25, 0.3) is 28.2 Å². The molecule has 0 bridgehead atoms. The topological polar surface area (TPSA) is 150 Å². The third-order valence-corrected chi connectivity index (χ3v) is 6.57. The standard InChI is InChI=1S/C21H19N5.C8H6FNO3/c1-13-7-10-18-21(24-13)26(16-9-8-14-4-2-5-15(14)12-16)20(25-18)17-6-3-11-23-19(17)22;9-6-2-4(8(10)13)1-5(3-11)7(6)12/h3,6-12H,2,4-5H2,1H3,(H2,22,23);1-3,12H,(H2,10,13). The van der Waals surface area contributed by atoms with E-state index in [2.05, 4.69) is 27.8 Å². The number of phenolic OH excluding ortho intramolecular Hbond substituents is 1. The number of hydrogen-bond acceptors (Lipinski definition) is 7. The first-order valence-electron chi connectivity index (χ1n) is 12.2. The van der Waals surface area contributed by atoms with Crippen molar-refractivity contribution < 1.29 is 19.1 Å². The van der Waals surface area contributed by atoms with Gasteiger partial charge >= 0.3 is 0 Å². The molecular formula is C29H25FN6O3. The SMILES string of the molecule is Cc1ccc2nc(-c3cccnc3N)n(-c3ccc4c(c3)CCC4)c2n1.NC(=O)c1cc(F)c(O)c(C=O)c1. The lowest BCUT2D eigenvalue weighted by Gasteiger charge is -2.12. The Bertz CT molecular complexity index is 1750. The number of benzene rings is 2. The zero-order valence-electron chi connectivity index (χ0n) is 21.1. The summed E-state index contributed by atoms with van der Waals surface area (Å²) in [6, 6.07) is 16.3. The fraction of sp³-hybridized carbons (Fsp3) is 0.138. The third-order valence-electron chi connectivity index (χ3n) is 6.57. The first kappa shape index (κ1) is 25.5. The van der Waals surface area contributed by atoms with E-state index < -0.39 is 17.5 Å². The summed E-state index contributed by atoms with van der Waals surface area (Å²) in [5.74, 6) is -1.43. The van der Waals surface area contributed by atoms with Crippen molar-refractivity contribution in [2.75, 3.05) is 5.73 Å². The maximum absolute atomic E-state index is 12.8. The molecule has 3 heterocycles. The van der Waals surface area contributed by atoms with Crippen molar-refractivity contribution >= 4 is 29.2 Å². The molecule has 5 N–H and O–H groups in total. The van der Waals surface area contributed by atoms with E-state index in [1.165, 1.54) is 24.0 Å². The molecule has 0 aliphatic heterocycles. The van der Waals surface area contributed by atoms with Crippen LogP contribution in [0.2, 0.25) is 0 Å². The minimum Gasteiger partial charge on any atom is -0.504 e. The lowest BCUT2D eigenvalue weighted by atomic mass is 10.1. The predicted molar refractivity (Wildman–Crippen MR) is 145 cm³/mol. The van der Waals surface area contributed by atoms with Gasteiger partial charge in [0.15, 0.2) is 29.3 Å². The molecule has 6 rings (SSSR count). The Balaban J connectivity index is 0.000000201. The van der Waals surface area contributed by atoms with Crippen LogP contribution in [0, 0.1) is 12.7 Å². The van der Waals surface area contributed by atoms with Crippen LogP contribution in [0.5, 0.6) is 5.75 Å². The van der Waals surface area contributed by atoms with Crippen molar-refractivity contribution in [3.63, 3.8) is 0 Å². The summed E-state index contributed by atoms with van der Waals surface area (Å²) in [4.78, 5) is 34.7. The Labute approximate surface area is 223 Å². The van der Waals surface area contributed by atoms with Crippen molar-refractivity contribution in [1.82, 2.24) is 19.5 Å². The van der Waals surface area contributed by atoms with Crippen molar-refractivity contribution in [3.8, 4) is 22.8 Å². The highest BCUT2D eigenvalue weighted by Crippen LogP contribution is 2.32. The minimum absolute atomic E-state index is 0.155. The van der Waals surface area contributed by atoms with Gasteiger partial charge in [-0.2, -0.15) is 0 Å². The second-order valence-corrected chi connectivity index (χ2v) is 9.19. The first-order chi connectivity index (χ1) is 18.8. The number of carbonyl (C=O) groups excluding carboxylic acids is 2. The van der Waals surface area contributed by atoms with Crippen LogP contribution >= 0.6 is 0 Å². The molecule has 1 aliphatic rings. The molecule has 196 valence electrons. The molecule has 5 aromatic rings. The Kier molecular flexibility index (Phi) is 6.76. The maximum atomic E-state index is 12.8. The predicted octanol–water partition coefficient (Wildman–Crippen LogP) is 4.30. The van der Waals surface area contributed by atoms with Gasteiger partial charge in [-0.3, -0.25) is 14.2 Å². The van der Waals surface area contributed by atoms with Gasteiger partial charge in [0.1, 0.15) is 11.3 Å². The molecule has 0 saturated heterocycles. The van der Waals surface area contributed by atoms with Crippen LogP contribution in [-0.4, -0.2) is 36.8 Å². The first-order valence-corrected chi connectivity index (χ1v) is 12.2. The number of nitrogens with zero attached hydrogens (tertiary/aromatic N) is 4. The highest BCUT2D eigenvalue weighted by Gasteiger charge is 2.20. The third kappa shape index (κ3) is 4.91. The Hall–Kier alpha value is -5.12. The number of aromatic nitrogens is 4. The Morgan fingerprint density at radius 3 is 2.62 bits per heavy atom. The summed E-state index contributed by atoms with van der Waals surface area (Å²) in [5.41, 5.74) is 18.0. The van der Waals surface area contributed by atoms with Crippen molar-refractivity contribution in [3.05, 3.63) is 94.6 Å². The summed E-state index contributed by atoms with van der Waals surface area (Å²) in [6.45, 7) is 2.00. The number of aryl methyl sites for hydroxylation is 3. The Morgan fingerprint density at radius 2 is 1.87 bits per heavy atom. The summed E-state index contributed by atoms with van der Waals surface area (Å²) in [5, 5.41) is 8.95. The summed E-state index contributed by atoms with van der Waals surface area (Å²) in [6.07, 6.45) is 5.46. The van der Waals surface area contributed by atoms with Gasteiger partial charge in [-0.05, 0) is 85.8 Å². The van der Waals surface area contributed by atoms with Gasteiger partial charge in [0.25, 0.3) is 0 Å². The van der Waals surface area contributed by atoms with Gasteiger partial charge in [0.05, 0.1) is 11.1 Å². The van der Waals surface area contributed by atoms with Crippen LogP contribution in [-0.2, 0) is 12.8 Å². The Morgan fingerprint density at radius 1 is 1.08 bits per heavy atom. The van der Waals surface area contributed by atoms with Gasteiger partial charge < -0.3 is 16.6 Å². The zero-order valence-corrected chi connectivity index (χ0v) is 21.1. The highest BCUT2D eigenvalue weighted by molar-refractivity contribution is 5.95. The lowest BCUT2D eigenvalue weighted by molar-refractivity contribution is 0.1000. The van der Waals surface area contributed by atoms with Crippen LogP contribution in [0.3, 0.4) is 0 Å². The number of aldehydes is 1. The van der Waals surface area contributed by atoms with Crippen LogP contribution in [0.4, 0.5) is 10.2 Å². The second kappa shape index (κ2) is 10.3. The number of carbonyl (C=O) groups is 2. The minimum atomic E-state index is -1.04. The monoisotopic (exact) mass is 524 g/mol. The van der Waals surface area contributed by atoms with Crippen molar-refractivity contribution in [2.45, 2.75) is 26.2 Å². The second-order valence-electron chi connectivity index (χ2n) is 9.19. The molecule has 3 aromatic heterocycles. The van der Waals surface area contributed by atoms with Gasteiger partial charge in [-0.15, -0.1) is 0 Å². The molecule has 9 nitrogen and oxygen atoms in total. The van der Waals surface area contributed by atoms with Crippen molar-refractivity contribution in [2.24, 2.45) is 5.73 Å². The van der Waals surface area contributed by atoms with E-state index in [1.807, 2.05) is 31.2 Å². The van der Waals surface area contributed by atoms with Gasteiger partial charge in [-0.1, -0.05) is 6.07 Å². The number of amides is 1. The van der Waals surface area contributed by atoms with E-state index in [4.69, 9.17) is 26.5 Å². The van der Waals surface area contributed by atoms with E-state index in [0.717, 1.165) is 52.5 Å². The largest absolute Gasteiger partial charge is 0.504 e. The number of aromatic hydroxyl groups is 1. The number of halogens is 1. The molecular weight excluding hydrogens is 499 g/mol. The number of primary amides is 1. The number of nitrogens with two attached hydrogens (primary N) is 2. The maximum Gasteiger partial charge on any atom is 0.248 e. The molecule has 0 unspecified atom stereocenters. The molecule has 0 saturated carbocycles. The molecule has 2 aromatic carbocycles. The number of fused-ring (bicyclic) bond motifs is 2. The molecule has 1 aliphatic carbocycles. The van der Waals surface area contributed by atoms with Gasteiger partial charge in [0, 0.05) is 23.1 Å². The zero-order chi connectivity index (χ0) is 27.7. The number of anilines is 1. The molecule has 39 heavy (non-hydrogen) atoms. The summed E-state index contributed by atoms with van der Waals surface area (Å²) in [7, 11) is 0. The summed E-state index contributed by atoms with van der Waals surface area (Å²) < 4.78 is 14.9. The normalized spacial score (nSPS) is 12.1. The van der Waals surface area contributed by atoms with E-state index in [9.17, 15) is 14.0 Å². The van der Waals surface area contributed by atoms with E-state index in [1.54, 1.807) is 6.20 Å². The van der Waals surface area contributed by atoms with Gasteiger partial charge in [-0.25, -0.2) is 19.3 Å². The molecule has 0 atom stereocenters. The van der Waals surface area contributed by atoms with Crippen LogP contribution in [0.1, 0.15) is 44.0 Å². The van der Waals surface area contributed by atoms with Crippen LogP contribution in [0.15, 0.2) is 60.8 Å². The van der Waals surface area contributed by atoms with E-state index in [0.29, 0.717) is 5.82 Å². The lowest BCUT2D eigenvalue weighted by Crippen LogP contribution is -2.11. The summed E-state index contributed by atoms with van der Waals surface area (Å²) >= 11 is 0. The van der Waals surface area contributed by atoms with Gasteiger partial charge in [0.2, 0.25) is 5.91 Å². The fourth-order valence-electron chi connectivity index (χ4n) is 4.63. The average Bonchev–Trinajstić information content (AvgIpc) is 3.54. The molecule has 1 amide bonds. The fourth-order valence-corrected chi connectivity index (χ4v) is 4.63. The number of imidazole rings is 1. The molecule has 10 heteroatoms. The highest BCUT2D eigenvalue weighted by atomic mass is 19.1. The quantitative estimate of drug-likeness (QED) is 0.297. The van der Waals surface area contributed by atoms with Crippen molar-refractivity contribution in [1.29, 1.82) is 0 Å². The number of rotatable bonds is 4. The number of nitrogen functional groups attached to an aromatic ring is 1. The molecule has 0 spiro atoms. The number of pyridine rings is 2. The smallest absolute Gasteiger partial charge is 0.248 e.